The number of nitrogens with one attached hydrogen (secondary N) is 1. The summed E-state index contributed by atoms with van der Waals surface area (Å²) in [5.41, 5.74) is 3.01. The maximum atomic E-state index is 13.4. The summed E-state index contributed by atoms with van der Waals surface area (Å²) in [6, 6.07) is 17.9. The molecular formula is C23H23ClN2O4S. The minimum Gasteiger partial charge on any atom is -0.497 e. The molecule has 162 valence electrons. The van der Waals surface area contributed by atoms with Gasteiger partial charge in [-0.1, -0.05) is 23.7 Å². The van der Waals surface area contributed by atoms with Crippen molar-refractivity contribution in [2.75, 3.05) is 23.3 Å². The molecular weight excluding hydrogens is 436 g/mol. The molecule has 3 aromatic rings. The fourth-order valence-electron chi connectivity index (χ4n) is 2.97. The molecule has 0 radical (unpaired) electrons. The maximum absolute atomic E-state index is 13.4. The second kappa shape index (κ2) is 9.41. The minimum absolute atomic E-state index is 0.0345. The minimum atomic E-state index is -4.04. The van der Waals surface area contributed by atoms with E-state index in [0.29, 0.717) is 22.1 Å². The number of hydrogen-bond acceptors (Lipinski definition) is 4. The van der Waals surface area contributed by atoms with E-state index in [1.807, 2.05) is 26.0 Å². The Hall–Kier alpha value is -3.03. The average molecular weight is 459 g/mol. The number of rotatable bonds is 7. The zero-order valence-corrected chi connectivity index (χ0v) is 19.0. The summed E-state index contributed by atoms with van der Waals surface area (Å²) in [6.45, 7) is 3.50. The van der Waals surface area contributed by atoms with Gasteiger partial charge in [0.1, 0.15) is 12.3 Å². The number of methoxy groups -OCH3 is 1. The van der Waals surface area contributed by atoms with Crippen molar-refractivity contribution in [1.82, 2.24) is 0 Å². The van der Waals surface area contributed by atoms with Crippen molar-refractivity contribution in [3.8, 4) is 5.75 Å². The van der Waals surface area contributed by atoms with E-state index >= 15 is 0 Å². The fraction of sp³-hybridized carbons (Fsp3) is 0.174. The van der Waals surface area contributed by atoms with Gasteiger partial charge in [0.15, 0.2) is 0 Å². The molecule has 0 aromatic heterocycles. The van der Waals surface area contributed by atoms with Gasteiger partial charge in [0.2, 0.25) is 5.91 Å². The van der Waals surface area contributed by atoms with E-state index in [1.54, 1.807) is 36.4 Å². The number of anilines is 2. The first kappa shape index (κ1) is 22.7. The van der Waals surface area contributed by atoms with Crippen LogP contribution in [0.15, 0.2) is 71.6 Å². The maximum Gasteiger partial charge on any atom is 0.264 e. The Bertz CT molecular complexity index is 1190. The molecule has 1 amide bonds. The molecule has 3 aromatic carbocycles. The molecule has 6 nitrogen and oxygen atoms in total. The number of halogens is 1. The lowest BCUT2D eigenvalue weighted by atomic mass is 10.1. The van der Waals surface area contributed by atoms with Crippen LogP contribution in [0.2, 0.25) is 5.02 Å². The SMILES string of the molecule is COc1ccc(S(=O)(=O)N(CC(=O)Nc2ccc(C)c(C)c2)c2cccc(Cl)c2)cc1. The van der Waals surface area contributed by atoms with Crippen molar-refractivity contribution in [1.29, 1.82) is 0 Å². The van der Waals surface area contributed by atoms with E-state index in [1.165, 1.54) is 25.3 Å². The van der Waals surface area contributed by atoms with Gasteiger partial charge in [0, 0.05) is 10.7 Å². The Morgan fingerprint density at radius 3 is 2.32 bits per heavy atom. The Labute approximate surface area is 187 Å². The molecule has 0 heterocycles. The van der Waals surface area contributed by atoms with Crippen LogP contribution in [0.3, 0.4) is 0 Å². The zero-order chi connectivity index (χ0) is 22.6. The number of nitrogens with zero attached hydrogens (tertiary/aromatic N) is 1. The second-order valence-corrected chi connectivity index (χ2v) is 9.31. The van der Waals surface area contributed by atoms with Gasteiger partial charge in [-0.05, 0) is 79.6 Å². The van der Waals surface area contributed by atoms with Gasteiger partial charge in [0.25, 0.3) is 10.0 Å². The Kier molecular flexibility index (Phi) is 6.87. The number of benzene rings is 3. The number of aryl methyl sites for hydroxylation is 2. The molecule has 0 saturated carbocycles. The van der Waals surface area contributed by atoms with E-state index in [4.69, 9.17) is 16.3 Å². The molecule has 0 spiro atoms. The van der Waals surface area contributed by atoms with Crippen LogP contribution in [-0.2, 0) is 14.8 Å². The molecule has 31 heavy (non-hydrogen) atoms. The predicted octanol–water partition coefficient (Wildman–Crippen LogP) is 4.80. The van der Waals surface area contributed by atoms with Crippen LogP contribution in [0.1, 0.15) is 11.1 Å². The van der Waals surface area contributed by atoms with Crippen molar-refractivity contribution < 1.29 is 17.9 Å². The van der Waals surface area contributed by atoms with Crippen LogP contribution in [0.25, 0.3) is 0 Å². The van der Waals surface area contributed by atoms with Gasteiger partial charge in [-0.25, -0.2) is 8.42 Å². The van der Waals surface area contributed by atoms with Crippen LogP contribution in [0.5, 0.6) is 5.75 Å². The van der Waals surface area contributed by atoms with Gasteiger partial charge in [-0.15, -0.1) is 0 Å². The summed E-state index contributed by atoms with van der Waals surface area (Å²) in [6.07, 6.45) is 0. The molecule has 0 fully saturated rings. The molecule has 0 aliphatic heterocycles. The van der Waals surface area contributed by atoms with E-state index < -0.39 is 22.5 Å². The van der Waals surface area contributed by atoms with Crippen LogP contribution in [0.4, 0.5) is 11.4 Å². The van der Waals surface area contributed by atoms with Crippen LogP contribution >= 0.6 is 11.6 Å². The Morgan fingerprint density at radius 1 is 1.00 bits per heavy atom. The molecule has 0 aliphatic carbocycles. The zero-order valence-electron chi connectivity index (χ0n) is 17.4. The monoisotopic (exact) mass is 458 g/mol. The highest BCUT2D eigenvalue weighted by atomic mass is 35.5. The van der Waals surface area contributed by atoms with Crippen molar-refractivity contribution in [3.05, 3.63) is 82.9 Å². The average Bonchev–Trinajstić information content (AvgIpc) is 2.74. The Balaban J connectivity index is 1.94. The molecule has 1 N–H and O–H groups in total. The van der Waals surface area contributed by atoms with Crippen molar-refractivity contribution in [3.63, 3.8) is 0 Å². The first-order chi connectivity index (χ1) is 14.7. The number of sulfonamides is 1. The van der Waals surface area contributed by atoms with Gasteiger partial charge in [-0.3, -0.25) is 9.10 Å². The lowest BCUT2D eigenvalue weighted by Gasteiger charge is -2.24. The fourth-order valence-corrected chi connectivity index (χ4v) is 4.57. The van der Waals surface area contributed by atoms with Crippen LogP contribution in [0, 0.1) is 13.8 Å². The third-order valence-electron chi connectivity index (χ3n) is 4.82. The summed E-state index contributed by atoms with van der Waals surface area (Å²) >= 11 is 6.08. The summed E-state index contributed by atoms with van der Waals surface area (Å²) in [5, 5.41) is 3.13. The van der Waals surface area contributed by atoms with Crippen molar-refractivity contribution >= 4 is 38.9 Å². The van der Waals surface area contributed by atoms with Gasteiger partial charge in [0.05, 0.1) is 17.7 Å². The van der Waals surface area contributed by atoms with Crippen molar-refractivity contribution in [2.45, 2.75) is 18.7 Å². The van der Waals surface area contributed by atoms with Gasteiger partial charge < -0.3 is 10.1 Å². The molecule has 0 saturated heterocycles. The lowest BCUT2D eigenvalue weighted by Crippen LogP contribution is -2.38. The second-order valence-electron chi connectivity index (χ2n) is 7.01. The smallest absolute Gasteiger partial charge is 0.264 e. The summed E-state index contributed by atoms with van der Waals surface area (Å²) in [5.74, 6) is 0.0565. The summed E-state index contributed by atoms with van der Waals surface area (Å²) < 4.78 is 32.9. The topological polar surface area (TPSA) is 75.7 Å². The summed E-state index contributed by atoms with van der Waals surface area (Å²) in [7, 11) is -2.54. The first-order valence-corrected chi connectivity index (χ1v) is 11.3. The van der Waals surface area contributed by atoms with Crippen molar-refractivity contribution in [2.24, 2.45) is 0 Å². The number of carbonyl (C=O) groups is 1. The van der Waals surface area contributed by atoms with E-state index in [0.717, 1.165) is 15.4 Å². The number of amides is 1. The molecule has 0 atom stereocenters. The molecule has 8 heteroatoms. The number of ether oxygens (including phenoxy) is 1. The lowest BCUT2D eigenvalue weighted by molar-refractivity contribution is -0.114. The highest BCUT2D eigenvalue weighted by Gasteiger charge is 2.27. The van der Waals surface area contributed by atoms with E-state index in [2.05, 4.69) is 5.32 Å². The number of carbonyl (C=O) groups excluding carboxylic acids is 1. The van der Waals surface area contributed by atoms with E-state index in [-0.39, 0.29) is 4.90 Å². The normalized spacial score (nSPS) is 11.1. The van der Waals surface area contributed by atoms with Crippen LogP contribution in [-0.4, -0.2) is 28.0 Å². The third-order valence-corrected chi connectivity index (χ3v) is 6.84. The molecule has 0 unspecified atom stereocenters. The number of hydrogen-bond donors (Lipinski definition) is 1. The van der Waals surface area contributed by atoms with Gasteiger partial charge >= 0.3 is 0 Å². The third kappa shape index (κ3) is 5.37. The quantitative estimate of drug-likeness (QED) is 0.551. The van der Waals surface area contributed by atoms with Crippen LogP contribution < -0.4 is 14.4 Å². The highest BCUT2D eigenvalue weighted by Crippen LogP contribution is 2.27. The van der Waals surface area contributed by atoms with Gasteiger partial charge in [-0.2, -0.15) is 0 Å². The predicted molar refractivity (Wildman–Crippen MR) is 124 cm³/mol. The summed E-state index contributed by atoms with van der Waals surface area (Å²) in [4.78, 5) is 12.8. The Morgan fingerprint density at radius 2 is 1.71 bits per heavy atom. The molecule has 0 bridgehead atoms. The highest BCUT2D eigenvalue weighted by molar-refractivity contribution is 7.92. The largest absolute Gasteiger partial charge is 0.497 e. The molecule has 3 rings (SSSR count). The molecule has 0 aliphatic rings. The standard InChI is InChI=1S/C23H23ClN2O4S/c1-16-7-8-19(13-17(16)2)25-23(27)15-26(20-6-4-5-18(24)14-20)31(28,29)22-11-9-21(30-3)10-12-22/h4-14H,15H2,1-3H3,(H,25,27). The van der Waals surface area contributed by atoms with E-state index in [9.17, 15) is 13.2 Å². The first-order valence-electron chi connectivity index (χ1n) is 9.50.